The van der Waals surface area contributed by atoms with Gasteiger partial charge in [-0.1, -0.05) is 12.1 Å². The van der Waals surface area contributed by atoms with Gasteiger partial charge in [0.05, 0.1) is 0 Å². The fraction of sp³-hybridized carbons (Fsp3) is 0.111. The van der Waals surface area contributed by atoms with Gasteiger partial charge in [0.2, 0.25) is 0 Å². The normalized spacial score (nSPS) is 9.33. The molecule has 0 aliphatic carbocycles. The first-order chi connectivity index (χ1) is 5.74. The van der Waals surface area contributed by atoms with Crippen molar-refractivity contribution in [1.82, 2.24) is 4.98 Å². The van der Waals surface area contributed by atoms with Gasteiger partial charge in [0.15, 0.2) is 0 Å². The number of nitrogens with zero attached hydrogens (tertiary/aromatic N) is 1. The van der Waals surface area contributed by atoms with E-state index in [-0.39, 0.29) is 5.69 Å². The van der Waals surface area contributed by atoms with Crippen LogP contribution >= 0.6 is 0 Å². The predicted octanol–water partition coefficient (Wildman–Crippen LogP) is 1.51. The Hall–Kier alpha value is -1.64. The van der Waals surface area contributed by atoms with Crippen LogP contribution in [-0.4, -0.2) is 16.1 Å². The van der Waals surface area contributed by atoms with Crippen molar-refractivity contribution >= 4 is 5.97 Å². The lowest BCUT2D eigenvalue weighted by Gasteiger charge is -1.96. The second-order valence-corrected chi connectivity index (χ2v) is 2.31. The highest BCUT2D eigenvalue weighted by Gasteiger charge is 2.03. The minimum atomic E-state index is -0.999. The van der Waals surface area contributed by atoms with Crippen LogP contribution in [0.25, 0.3) is 0 Å². The van der Waals surface area contributed by atoms with E-state index < -0.39 is 5.97 Å². The van der Waals surface area contributed by atoms with Crippen molar-refractivity contribution in [2.24, 2.45) is 0 Å². The zero-order valence-electron chi connectivity index (χ0n) is 6.53. The van der Waals surface area contributed by atoms with Gasteiger partial charge in [-0.2, -0.15) is 0 Å². The van der Waals surface area contributed by atoms with Gasteiger partial charge in [0.1, 0.15) is 5.69 Å². The fourth-order valence-electron chi connectivity index (χ4n) is 0.860. The molecule has 0 aromatic carbocycles. The smallest absolute Gasteiger partial charge is 0.354 e. The van der Waals surface area contributed by atoms with Crippen LogP contribution in [-0.2, 0) is 6.42 Å². The van der Waals surface area contributed by atoms with Crippen LogP contribution < -0.4 is 0 Å². The van der Waals surface area contributed by atoms with Crippen LogP contribution in [0.4, 0.5) is 0 Å². The molecule has 1 heterocycles. The van der Waals surface area contributed by atoms with Gasteiger partial charge in [-0.05, 0) is 12.1 Å². The van der Waals surface area contributed by atoms with Gasteiger partial charge in [-0.25, -0.2) is 9.78 Å². The van der Waals surface area contributed by atoms with Gasteiger partial charge in [-0.3, -0.25) is 0 Å². The summed E-state index contributed by atoms with van der Waals surface area (Å²) in [5.41, 5.74) is 0.805. The summed E-state index contributed by atoms with van der Waals surface area (Å²) in [6, 6.07) is 4.92. The van der Waals surface area contributed by atoms with E-state index in [9.17, 15) is 4.79 Å². The molecule has 1 aromatic rings. The molecule has 0 atom stereocenters. The Bertz CT molecular complexity index is 307. The van der Waals surface area contributed by atoms with Crippen molar-refractivity contribution in [2.45, 2.75) is 6.42 Å². The Balaban J connectivity index is 2.95. The lowest BCUT2D eigenvalue weighted by molar-refractivity contribution is 0.0690. The van der Waals surface area contributed by atoms with E-state index in [2.05, 4.69) is 11.6 Å². The van der Waals surface area contributed by atoms with Crippen LogP contribution in [0.15, 0.2) is 30.9 Å². The predicted molar refractivity (Wildman–Crippen MR) is 45.1 cm³/mol. The van der Waals surface area contributed by atoms with Gasteiger partial charge in [0, 0.05) is 12.1 Å². The molecule has 0 unspecified atom stereocenters. The van der Waals surface area contributed by atoms with E-state index >= 15 is 0 Å². The van der Waals surface area contributed by atoms with Gasteiger partial charge < -0.3 is 5.11 Å². The number of aromatic nitrogens is 1. The molecule has 0 bridgehead atoms. The van der Waals surface area contributed by atoms with Gasteiger partial charge in [-0.15, -0.1) is 6.58 Å². The Morgan fingerprint density at radius 1 is 1.67 bits per heavy atom. The Kier molecular flexibility index (Phi) is 2.58. The maximum absolute atomic E-state index is 10.5. The third kappa shape index (κ3) is 1.92. The van der Waals surface area contributed by atoms with E-state index in [1.165, 1.54) is 6.07 Å². The first-order valence-corrected chi connectivity index (χ1v) is 3.54. The number of carboxylic acids is 1. The quantitative estimate of drug-likeness (QED) is 0.687. The molecule has 1 rings (SSSR count). The SMILES string of the molecule is C=CCc1cccc(C(=O)O)n1. The standard InChI is InChI=1S/C9H9NO2/c1-2-4-7-5-3-6-8(10-7)9(11)12/h2-3,5-6H,1,4H2,(H,11,12). The molecule has 0 aliphatic heterocycles. The molecule has 0 fully saturated rings. The summed E-state index contributed by atoms with van der Waals surface area (Å²) in [6.45, 7) is 3.54. The molecule has 0 radical (unpaired) electrons. The van der Waals surface area contributed by atoms with Crippen molar-refractivity contribution in [2.75, 3.05) is 0 Å². The monoisotopic (exact) mass is 163 g/mol. The van der Waals surface area contributed by atoms with Crippen molar-refractivity contribution in [3.8, 4) is 0 Å². The van der Waals surface area contributed by atoms with Crippen LogP contribution in [0.3, 0.4) is 0 Å². The summed E-state index contributed by atoms with van der Waals surface area (Å²) < 4.78 is 0. The summed E-state index contributed by atoms with van der Waals surface area (Å²) in [6.07, 6.45) is 2.29. The molecule has 12 heavy (non-hydrogen) atoms. The summed E-state index contributed by atoms with van der Waals surface area (Å²) in [5, 5.41) is 8.59. The van der Waals surface area contributed by atoms with Crippen LogP contribution in [0.2, 0.25) is 0 Å². The summed E-state index contributed by atoms with van der Waals surface area (Å²) >= 11 is 0. The van der Waals surface area contributed by atoms with Crippen molar-refractivity contribution < 1.29 is 9.90 Å². The van der Waals surface area contributed by atoms with Crippen LogP contribution in [0.1, 0.15) is 16.2 Å². The molecule has 0 saturated carbocycles. The summed E-state index contributed by atoms with van der Waals surface area (Å²) in [4.78, 5) is 14.4. The highest BCUT2D eigenvalue weighted by molar-refractivity contribution is 5.85. The van der Waals surface area contributed by atoms with Crippen LogP contribution in [0, 0.1) is 0 Å². The zero-order valence-corrected chi connectivity index (χ0v) is 6.53. The Morgan fingerprint density at radius 3 is 3.00 bits per heavy atom. The first kappa shape index (κ1) is 8.46. The molecule has 0 aliphatic rings. The van der Waals surface area contributed by atoms with Crippen molar-refractivity contribution in [3.05, 3.63) is 42.2 Å². The Morgan fingerprint density at radius 2 is 2.42 bits per heavy atom. The molecular formula is C9H9NO2. The second kappa shape index (κ2) is 3.67. The third-order valence-corrected chi connectivity index (χ3v) is 1.38. The zero-order chi connectivity index (χ0) is 8.97. The number of aromatic carboxylic acids is 1. The molecular weight excluding hydrogens is 154 g/mol. The second-order valence-electron chi connectivity index (χ2n) is 2.31. The number of hydrogen-bond donors (Lipinski definition) is 1. The average Bonchev–Trinajstić information content (AvgIpc) is 2.05. The van der Waals surface area contributed by atoms with E-state index in [1.807, 2.05) is 0 Å². The number of hydrogen-bond acceptors (Lipinski definition) is 2. The van der Waals surface area contributed by atoms with E-state index in [0.717, 1.165) is 5.69 Å². The lowest BCUT2D eigenvalue weighted by Crippen LogP contribution is -2.01. The molecule has 0 spiro atoms. The number of carboxylic acid groups (broad SMARTS) is 1. The van der Waals surface area contributed by atoms with Crippen LogP contribution in [0.5, 0.6) is 0 Å². The number of carbonyl (C=O) groups is 1. The highest BCUT2D eigenvalue weighted by atomic mass is 16.4. The molecule has 3 nitrogen and oxygen atoms in total. The van der Waals surface area contributed by atoms with Gasteiger partial charge >= 0.3 is 5.97 Å². The molecule has 0 saturated heterocycles. The minimum absolute atomic E-state index is 0.0781. The summed E-state index contributed by atoms with van der Waals surface area (Å²) in [5.74, 6) is -0.999. The van der Waals surface area contributed by atoms with E-state index in [1.54, 1.807) is 18.2 Å². The summed E-state index contributed by atoms with van der Waals surface area (Å²) in [7, 11) is 0. The van der Waals surface area contributed by atoms with E-state index in [0.29, 0.717) is 6.42 Å². The van der Waals surface area contributed by atoms with E-state index in [4.69, 9.17) is 5.11 Å². The number of pyridine rings is 1. The molecule has 0 amide bonds. The van der Waals surface area contributed by atoms with Crippen molar-refractivity contribution in [1.29, 1.82) is 0 Å². The van der Waals surface area contributed by atoms with Crippen molar-refractivity contribution in [3.63, 3.8) is 0 Å². The first-order valence-electron chi connectivity index (χ1n) is 3.54. The molecule has 1 aromatic heterocycles. The van der Waals surface area contributed by atoms with Gasteiger partial charge in [0.25, 0.3) is 0 Å². The third-order valence-electron chi connectivity index (χ3n) is 1.38. The lowest BCUT2D eigenvalue weighted by atomic mass is 10.2. The molecule has 62 valence electrons. The highest BCUT2D eigenvalue weighted by Crippen LogP contribution is 2.00. The molecule has 3 heteroatoms. The molecule has 1 N–H and O–H groups in total. The maximum Gasteiger partial charge on any atom is 0.354 e. The topological polar surface area (TPSA) is 50.2 Å². The Labute approximate surface area is 70.4 Å². The minimum Gasteiger partial charge on any atom is -0.477 e. The number of allylic oxidation sites excluding steroid dienone is 1. The number of rotatable bonds is 3. The fourth-order valence-corrected chi connectivity index (χ4v) is 0.860. The maximum atomic E-state index is 10.5. The average molecular weight is 163 g/mol. The largest absolute Gasteiger partial charge is 0.477 e.